The van der Waals surface area contributed by atoms with E-state index >= 15 is 0 Å². The predicted molar refractivity (Wildman–Crippen MR) is 179 cm³/mol. The first-order valence-electron chi connectivity index (χ1n) is 16.2. The molecule has 0 aliphatic rings. The van der Waals surface area contributed by atoms with Crippen molar-refractivity contribution in [3.05, 3.63) is 29.8 Å². The molecule has 0 bridgehead atoms. The van der Waals surface area contributed by atoms with E-state index in [0.29, 0.717) is 5.56 Å². The minimum Gasteiger partial charge on any atom is -0.508 e. The molecule has 5 amide bonds. The van der Waals surface area contributed by atoms with Gasteiger partial charge in [-0.3, -0.25) is 28.8 Å². The van der Waals surface area contributed by atoms with E-state index in [1.807, 2.05) is 27.7 Å². The Balaban J connectivity index is 2.95. The molecule has 5 atom stereocenters. The summed E-state index contributed by atoms with van der Waals surface area (Å²) in [4.78, 5) is 88.1. The number of phenolic OH excluding ortho intramolecular Hbond substituents is 1. The van der Waals surface area contributed by atoms with Gasteiger partial charge in [0.15, 0.2) is 0 Å². The lowest BCUT2D eigenvalue weighted by atomic mass is 10.0. The van der Waals surface area contributed by atoms with E-state index in [9.17, 15) is 48.9 Å². The third kappa shape index (κ3) is 16.8. The van der Waals surface area contributed by atoms with Crippen molar-refractivity contribution < 1.29 is 48.9 Å². The Morgan fingerprint density at radius 2 is 1.08 bits per heavy atom. The lowest BCUT2D eigenvalue weighted by molar-refractivity contribution is -0.143. The van der Waals surface area contributed by atoms with Crippen LogP contribution in [0.25, 0.3) is 0 Å². The van der Waals surface area contributed by atoms with E-state index in [-0.39, 0.29) is 49.2 Å². The van der Waals surface area contributed by atoms with Crippen molar-refractivity contribution in [3.8, 4) is 5.75 Å². The molecule has 0 radical (unpaired) electrons. The number of nitrogens with one attached hydrogen (secondary N) is 5. The number of nitrogens with two attached hydrogens (primary N) is 1. The van der Waals surface area contributed by atoms with Crippen LogP contribution in [0.4, 0.5) is 0 Å². The van der Waals surface area contributed by atoms with Gasteiger partial charge in [0, 0.05) is 0 Å². The van der Waals surface area contributed by atoms with Crippen molar-refractivity contribution in [2.24, 2.45) is 23.5 Å². The molecule has 0 unspecified atom stereocenters. The molecule has 0 spiro atoms. The number of carbonyl (C=O) groups excluding carboxylic acids is 5. The van der Waals surface area contributed by atoms with Gasteiger partial charge in [0.25, 0.3) is 0 Å². The van der Waals surface area contributed by atoms with Gasteiger partial charge in [-0.05, 0) is 61.1 Å². The summed E-state index contributed by atoms with van der Waals surface area (Å²) in [5.74, 6) is -6.74. The number of amides is 5. The second-order valence-corrected chi connectivity index (χ2v) is 13.3. The Bertz CT molecular complexity index is 1300. The molecule has 49 heavy (non-hydrogen) atoms. The van der Waals surface area contributed by atoms with Gasteiger partial charge < -0.3 is 47.6 Å². The Labute approximate surface area is 286 Å². The standard InChI is InChI=1S/C33H52N6O10/c1-17(2)11-23(38-32(47)25(15-28(42)43)37-29(44)22(34)14-20-7-9-21(40)10-8-20)30(45)35-16-27(41)36-24(12-18(3)4)31(46)39-26(33(48)49)13-19(5)6/h7-10,17-19,22-26,40H,11-16,34H2,1-6H3,(H,35,45)(H,36,41)(H,37,44)(H,38,47)(H,39,46)(H,42,43)(H,48,49)/t22-,23-,24-,25-,26-/m0/s1. The van der Waals surface area contributed by atoms with Crippen LogP contribution in [0.15, 0.2) is 24.3 Å². The maximum atomic E-state index is 13.2. The lowest BCUT2D eigenvalue weighted by Gasteiger charge is -2.25. The van der Waals surface area contributed by atoms with E-state index in [0.717, 1.165) is 0 Å². The molecule has 0 saturated carbocycles. The number of carboxylic acids is 2. The summed E-state index contributed by atoms with van der Waals surface area (Å²) in [6, 6.07) is -0.249. The third-order valence-corrected chi connectivity index (χ3v) is 7.18. The molecule has 0 fully saturated rings. The molecule has 1 aromatic carbocycles. The number of aliphatic carboxylic acids is 2. The number of rotatable bonds is 21. The summed E-state index contributed by atoms with van der Waals surface area (Å²) < 4.78 is 0. The molecule has 0 heterocycles. The van der Waals surface area contributed by atoms with Crippen molar-refractivity contribution >= 4 is 41.5 Å². The molecular formula is C33H52N6O10. The van der Waals surface area contributed by atoms with Crippen molar-refractivity contribution in [2.45, 2.75) is 104 Å². The van der Waals surface area contributed by atoms with Gasteiger partial charge in [-0.2, -0.15) is 0 Å². The van der Waals surface area contributed by atoms with Crippen LogP contribution in [0.3, 0.4) is 0 Å². The molecule has 10 N–H and O–H groups in total. The Morgan fingerprint density at radius 1 is 0.633 bits per heavy atom. The van der Waals surface area contributed by atoms with E-state index in [2.05, 4.69) is 26.6 Å². The zero-order valence-corrected chi connectivity index (χ0v) is 28.9. The van der Waals surface area contributed by atoms with Crippen LogP contribution in [-0.4, -0.2) is 93.5 Å². The normalized spacial score (nSPS) is 14.2. The highest BCUT2D eigenvalue weighted by molar-refractivity contribution is 5.96. The average Bonchev–Trinajstić information content (AvgIpc) is 2.98. The highest BCUT2D eigenvalue weighted by Gasteiger charge is 2.31. The predicted octanol–water partition coefficient (Wildman–Crippen LogP) is 0.0150. The molecule has 0 aromatic heterocycles. The smallest absolute Gasteiger partial charge is 0.326 e. The second-order valence-electron chi connectivity index (χ2n) is 13.3. The fourth-order valence-corrected chi connectivity index (χ4v) is 4.82. The topological polar surface area (TPSA) is 266 Å². The zero-order chi connectivity index (χ0) is 37.4. The van der Waals surface area contributed by atoms with Crippen LogP contribution in [-0.2, 0) is 40.0 Å². The molecule has 274 valence electrons. The summed E-state index contributed by atoms with van der Waals surface area (Å²) in [5, 5.41) is 40.5. The quantitative estimate of drug-likeness (QED) is 0.0829. The van der Waals surface area contributed by atoms with E-state index in [1.54, 1.807) is 26.0 Å². The lowest BCUT2D eigenvalue weighted by Crippen LogP contribution is -2.57. The number of hydrogen-bond acceptors (Lipinski definition) is 9. The molecule has 0 aliphatic heterocycles. The maximum absolute atomic E-state index is 13.2. The van der Waals surface area contributed by atoms with Crippen molar-refractivity contribution in [2.75, 3.05) is 6.54 Å². The van der Waals surface area contributed by atoms with Gasteiger partial charge in [-0.25, -0.2) is 4.79 Å². The van der Waals surface area contributed by atoms with Crippen molar-refractivity contribution in [1.29, 1.82) is 0 Å². The Hall–Kier alpha value is -4.73. The number of hydrogen-bond donors (Lipinski definition) is 9. The zero-order valence-electron chi connectivity index (χ0n) is 28.9. The first-order valence-corrected chi connectivity index (χ1v) is 16.2. The largest absolute Gasteiger partial charge is 0.508 e. The summed E-state index contributed by atoms with van der Waals surface area (Å²) in [5.41, 5.74) is 6.59. The maximum Gasteiger partial charge on any atom is 0.326 e. The molecule has 16 nitrogen and oxygen atoms in total. The molecular weight excluding hydrogens is 640 g/mol. The Kier molecular flexibility index (Phi) is 17.8. The van der Waals surface area contributed by atoms with Gasteiger partial charge in [-0.15, -0.1) is 0 Å². The SMILES string of the molecule is CC(C)C[C@H](NC(=O)[C@H](CC(C)C)NC(=O)CNC(=O)[C@H](CC(C)C)NC(=O)[C@H](CC(=O)O)NC(=O)[C@@H](N)Cc1ccc(O)cc1)C(=O)O. The third-order valence-electron chi connectivity index (χ3n) is 7.18. The first kappa shape index (κ1) is 42.3. The number of aromatic hydroxyl groups is 1. The summed E-state index contributed by atoms with van der Waals surface area (Å²) in [6.45, 7) is 10.2. The van der Waals surface area contributed by atoms with Crippen LogP contribution in [0.2, 0.25) is 0 Å². The summed E-state index contributed by atoms with van der Waals surface area (Å²) in [7, 11) is 0. The van der Waals surface area contributed by atoms with Crippen molar-refractivity contribution in [3.63, 3.8) is 0 Å². The highest BCUT2D eigenvalue weighted by atomic mass is 16.4. The van der Waals surface area contributed by atoms with Crippen LogP contribution < -0.4 is 32.3 Å². The van der Waals surface area contributed by atoms with Crippen molar-refractivity contribution in [1.82, 2.24) is 26.6 Å². The number of phenols is 1. The van der Waals surface area contributed by atoms with E-state index in [4.69, 9.17) is 5.73 Å². The Morgan fingerprint density at radius 3 is 1.57 bits per heavy atom. The fourth-order valence-electron chi connectivity index (χ4n) is 4.82. The summed E-state index contributed by atoms with van der Waals surface area (Å²) >= 11 is 0. The first-order chi connectivity index (χ1) is 22.8. The molecule has 0 aliphatic carbocycles. The monoisotopic (exact) mass is 692 g/mol. The second kappa shape index (κ2) is 20.6. The van der Waals surface area contributed by atoms with Gasteiger partial charge in [0.05, 0.1) is 19.0 Å². The van der Waals surface area contributed by atoms with Gasteiger partial charge >= 0.3 is 11.9 Å². The van der Waals surface area contributed by atoms with Gasteiger partial charge in [0.2, 0.25) is 29.5 Å². The number of carbonyl (C=O) groups is 7. The van der Waals surface area contributed by atoms with Gasteiger partial charge in [0.1, 0.15) is 29.9 Å². The minimum atomic E-state index is -1.58. The number of carboxylic acid groups (broad SMARTS) is 2. The molecule has 16 heteroatoms. The van der Waals surface area contributed by atoms with Crippen LogP contribution in [0, 0.1) is 17.8 Å². The van der Waals surface area contributed by atoms with E-state index < -0.39 is 84.6 Å². The van der Waals surface area contributed by atoms with Crippen LogP contribution in [0.1, 0.15) is 72.8 Å². The van der Waals surface area contributed by atoms with Gasteiger partial charge in [-0.1, -0.05) is 53.7 Å². The highest BCUT2D eigenvalue weighted by Crippen LogP contribution is 2.12. The van der Waals surface area contributed by atoms with E-state index in [1.165, 1.54) is 12.1 Å². The molecule has 0 saturated heterocycles. The summed E-state index contributed by atoms with van der Waals surface area (Å²) in [6.07, 6.45) is -0.294. The minimum absolute atomic E-state index is 0.0150. The molecule has 1 aromatic rings. The van der Waals surface area contributed by atoms with Crippen LogP contribution >= 0.6 is 0 Å². The fraction of sp³-hybridized carbons (Fsp3) is 0.606. The van der Waals surface area contributed by atoms with Crippen LogP contribution in [0.5, 0.6) is 5.75 Å². The molecule has 1 rings (SSSR count). The number of benzene rings is 1. The average molecular weight is 693 g/mol.